The quantitative estimate of drug-likeness (QED) is 0.502. The second-order valence-corrected chi connectivity index (χ2v) is 4.96. The summed E-state index contributed by atoms with van der Waals surface area (Å²) in [5, 5.41) is 0. The number of nitrogens with zero attached hydrogens (tertiary/aromatic N) is 1. The fourth-order valence-corrected chi connectivity index (χ4v) is 2.16. The van der Waals surface area contributed by atoms with Gasteiger partial charge in [-0.25, -0.2) is 10.2 Å². The average Bonchev–Trinajstić information content (AvgIpc) is 2.81. The topological polar surface area (TPSA) is 71.5 Å². The van der Waals surface area contributed by atoms with Crippen LogP contribution in [-0.2, 0) is 13.1 Å². The lowest BCUT2D eigenvalue weighted by atomic mass is 10.2. The number of aryl methyl sites for hydroxylation is 1. The van der Waals surface area contributed by atoms with Gasteiger partial charge in [-0.2, -0.15) is 0 Å². The summed E-state index contributed by atoms with van der Waals surface area (Å²) in [5.41, 5.74) is 3.37. The lowest BCUT2D eigenvalue weighted by molar-refractivity contribution is 0.0921. The van der Waals surface area contributed by atoms with Crippen LogP contribution in [0, 0.1) is 12.7 Å². The number of amides is 1. The summed E-state index contributed by atoms with van der Waals surface area (Å²) in [4.78, 5) is 13.4. The zero-order chi connectivity index (χ0) is 15.4. The molecule has 0 bridgehead atoms. The Morgan fingerprint density at radius 2 is 2.10 bits per heavy atom. The van der Waals surface area contributed by atoms with Gasteiger partial charge in [0, 0.05) is 17.7 Å². The number of furan rings is 1. The molecule has 6 heteroatoms. The van der Waals surface area contributed by atoms with Gasteiger partial charge in [0.05, 0.1) is 6.54 Å². The molecule has 1 aromatic heterocycles. The highest BCUT2D eigenvalue weighted by Crippen LogP contribution is 2.17. The fourth-order valence-electron chi connectivity index (χ4n) is 2.16. The van der Waals surface area contributed by atoms with Gasteiger partial charge in [-0.3, -0.25) is 15.1 Å². The van der Waals surface area contributed by atoms with Crippen molar-refractivity contribution in [2.45, 2.75) is 20.0 Å². The molecule has 0 atom stereocenters. The Kier molecular flexibility index (Phi) is 4.72. The maximum absolute atomic E-state index is 13.6. The van der Waals surface area contributed by atoms with Crippen molar-refractivity contribution in [3.8, 4) is 0 Å². The third-order valence-corrected chi connectivity index (χ3v) is 3.13. The summed E-state index contributed by atoms with van der Waals surface area (Å²) < 4.78 is 19.1. The smallest absolute Gasteiger partial charge is 0.301 e. The highest BCUT2D eigenvalue weighted by atomic mass is 19.1. The van der Waals surface area contributed by atoms with Crippen LogP contribution in [0.4, 0.5) is 4.39 Å². The molecule has 0 unspecified atom stereocenters. The first kappa shape index (κ1) is 15.2. The van der Waals surface area contributed by atoms with Crippen LogP contribution in [0.3, 0.4) is 0 Å². The fraction of sp³-hybridized carbons (Fsp3) is 0.267. The van der Waals surface area contributed by atoms with Crippen LogP contribution >= 0.6 is 0 Å². The molecule has 0 fully saturated rings. The molecule has 0 aliphatic carbocycles. The Bertz CT molecular complexity index is 640. The Morgan fingerprint density at radius 1 is 1.38 bits per heavy atom. The van der Waals surface area contributed by atoms with E-state index in [0.717, 1.165) is 0 Å². The van der Waals surface area contributed by atoms with Gasteiger partial charge >= 0.3 is 5.91 Å². The van der Waals surface area contributed by atoms with E-state index in [-0.39, 0.29) is 11.6 Å². The van der Waals surface area contributed by atoms with Crippen LogP contribution in [0.2, 0.25) is 0 Å². The number of benzene rings is 1. The van der Waals surface area contributed by atoms with Crippen LogP contribution in [0.15, 0.2) is 34.7 Å². The molecule has 2 aromatic rings. The van der Waals surface area contributed by atoms with Gasteiger partial charge in [-0.15, -0.1) is 0 Å². The standard InChI is InChI=1S/C15H18FN3O2/c1-10-7-12(21-14(10)15(20)18-17)9-19(2)8-11-5-3-4-6-13(11)16/h3-7H,8-9,17H2,1-2H3,(H,18,20). The van der Waals surface area contributed by atoms with Crippen LogP contribution in [0.5, 0.6) is 0 Å². The molecule has 0 radical (unpaired) electrons. The maximum Gasteiger partial charge on any atom is 0.301 e. The van der Waals surface area contributed by atoms with Crippen molar-refractivity contribution in [3.63, 3.8) is 0 Å². The van der Waals surface area contributed by atoms with Crippen molar-refractivity contribution in [1.82, 2.24) is 10.3 Å². The van der Waals surface area contributed by atoms with Crippen molar-refractivity contribution in [3.05, 3.63) is 58.8 Å². The molecule has 1 heterocycles. The number of hydrogen-bond donors (Lipinski definition) is 2. The highest BCUT2D eigenvalue weighted by Gasteiger charge is 2.16. The minimum Gasteiger partial charge on any atom is -0.454 e. The maximum atomic E-state index is 13.6. The highest BCUT2D eigenvalue weighted by molar-refractivity contribution is 5.92. The molecule has 5 nitrogen and oxygen atoms in total. The molecule has 0 aliphatic rings. The number of rotatable bonds is 5. The number of halogens is 1. The number of nitrogens with one attached hydrogen (secondary N) is 1. The number of carbonyl (C=O) groups is 1. The monoisotopic (exact) mass is 291 g/mol. The van der Waals surface area contributed by atoms with E-state index in [2.05, 4.69) is 0 Å². The van der Waals surface area contributed by atoms with Crippen molar-refractivity contribution < 1.29 is 13.6 Å². The summed E-state index contributed by atoms with van der Waals surface area (Å²) in [6, 6.07) is 8.41. The van der Waals surface area contributed by atoms with E-state index >= 15 is 0 Å². The second-order valence-electron chi connectivity index (χ2n) is 4.96. The molecular weight excluding hydrogens is 273 g/mol. The lowest BCUT2D eigenvalue weighted by Crippen LogP contribution is -2.30. The number of nitrogen functional groups attached to an aromatic ring is 1. The molecule has 0 spiro atoms. The number of hydrogen-bond acceptors (Lipinski definition) is 4. The summed E-state index contributed by atoms with van der Waals surface area (Å²) in [6.07, 6.45) is 0. The van der Waals surface area contributed by atoms with Crippen LogP contribution < -0.4 is 11.3 Å². The first-order valence-electron chi connectivity index (χ1n) is 6.53. The molecule has 21 heavy (non-hydrogen) atoms. The van der Waals surface area contributed by atoms with E-state index in [4.69, 9.17) is 10.3 Å². The van der Waals surface area contributed by atoms with Crippen LogP contribution in [-0.4, -0.2) is 17.9 Å². The number of hydrazine groups is 1. The van der Waals surface area contributed by atoms with Gasteiger partial charge in [0.25, 0.3) is 0 Å². The molecule has 0 aliphatic heterocycles. The summed E-state index contributed by atoms with van der Waals surface area (Å²) in [5.74, 6) is 5.23. The van der Waals surface area contributed by atoms with Crippen molar-refractivity contribution in [1.29, 1.82) is 0 Å². The second kappa shape index (κ2) is 6.51. The summed E-state index contributed by atoms with van der Waals surface area (Å²) >= 11 is 0. The Labute approximate surface area is 122 Å². The minimum atomic E-state index is -0.462. The van der Waals surface area contributed by atoms with Crippen LogP contribution in [0.25, 0.3) is 0 Å². The predicted octanol–water partition coefficient (Wildman–Crippen LogP) is 1.96. The molecule has 112 valence electrons. The average molecular weight is 291 g/mol. The Hall–Kier alpha value is -2.18. The third-order valence-electron chi connectivity index (χ3n) is 3.13. The number of carbonyl (C=O) groups excluding carboxylic acids is 1. The van der Waals surface area contributed by atoms with Crippen LogP contribution in [0.1, 0.15) is 27.4 Å². The lowest BCUT2D eigenvalue weighted by Gasteiger charge is -2.15. The Morgan fingerprint density at radius 3 is 2.76 bits per heavy atom. The van der Waals surface area contributed by atoms with Gasteiger partial charge in [-0.1, -0.05) is 18.2 Å². The molecule has 0 saturated carbocycles. The van der Waals surface area contributed by atoms with Gasteiger partial charge in [-0.05, 0) is 26.1 Å². The van der Waals surface area contributed by atoms with E-state index in [1.165, 1.54) is 6.07 Å². The first-order valence-corrected chi connectivity index (χ1v) is 6.53. The Balaban J connectivity index is 2.05. The molecule has 2 rings (SSSR count). The largest absolute Gasteiger partial charge is 0.454 e. The van der Waals surface area contributed by atoms with E-state index in [0.29, 0.717) is 30.0 Å². The SMILES string of the molecule is Cc1cc(CN(C)Cc2ccccc2F)oc1C(=O)NN. The van der Waals surface area contributed by atoms with Crippen molar-refractivity contribution in [2.24, 2.45) is 5.84 Å². The predicted molar refractivity (Wildman–Crippen MR) is 76.7 cm³/mol. The third kappa shape index (κ3) is 3.68. The van der Waals surface area contributed by atoms with Crippen molar-refractivity contribution in [2.75, 3.05) is 7.05 Å². The summed E-state index contributed by atoms with van der Waals surface area (Å²) in [6.45, 7) is 2.69. The van der Waals surface area contributed by atoms with Gasteiger partial charge in [0.2, 0.25) is 0 Å². The molecule has 1 amide bonds. The zero-order valence-corrected chi connectivity index (χ0v) is 12.0. The van der Waals surface area contributed by atoms with Gasteiger partial charge in [0.1, 0.15) is 11.6 Å². The zero-order valence-electron chi connectivity index (χ0n) is 12.0. The normalized spacial score (nSPS) is 10.9. The van der Waals surface area contributed by atoms with E-state index in [1.54, 1.807) is 31.2 Å². The van der Waals surface area contributed by atoms with E-state index in [1.807, 2.05) is 17.4 Å². The first-order chi connectivity index (χ1) is 10.0. The number of nitrogens with two attached hydrogens (primary N) is 1. The van der Waals surface area contributed by atoms with Crippen molar-refractivity contribution >= 4 is 5.91 Å². The van der Waals surface area contributed by atoms with E-state index in [9.17, 15) is 9.18 Å². The van der Waals surface area contributed by atoms with E-state index < -0.39 is 5.91 Å². The van der Waals surface area contributed by atoms with Gasteiger partial charge in [0.15, 0.2) is 5.76 Å². The van der Waals surface area contributed by atoms with Gasteiger partial charge < -0.3 is 4.42 Å². The summed E-state index contributed by atoms with van der Waals surface area (Å²) in [7, 11) is 1.85. The molecular formula is C15H18FN3O2. The molecule has 3 N–H and O–H groups in total. The molecule has 0 saturated heterocycles. The molecule has 1 aromatic carbocycles. The minimum absolute atomic E-state index is 0.201.